The van der Waals surface area contributed by atoms with E-state index in [0.717, 1.165) is 4.31 Å². The number of hydrogen-bond donors (Lipinski definition) is 1. The summed E-state index contributed by atoms with van der Waals surface area (Å²) < 4.78 is 30.5. The molecule has 7 nitrogen and oxygen atoms in total. The van der Waals surface area contributed by atoms with Crippen LogP contribution in [-0.2, 0) is 24.3 Å². The molecule has 9 heteroatoms. The van der Waals surface area contributed by atoms with Crippen LogP contribution in [0.2, 0.25) is 0 Å². The molecule has 1 heterocycles. The zero-order chi connectivity index (χ0) is 15.2. The van der Waals surface area contributed by atoms with Crippen LogP contribution in [0.3, 0.4) is 0 Å². The van der Waals surface area contributed by atoms with Gasteiger partial charge < -0.3 is 9.84 Å². The second kappa shape index (κ2) is 7.84. The molecule has 1 rings (SSSR count). The van der Waals surface area contributed by atoms with Gasteiger partial charge in [-0.1, -0.05) is 0 Å². The summed E-state index contributed by atoms with van der Waals surface area (Å²) in [6.07, 6.45) is -0.164. The Morgan fingerprint density at radius 3 is 2.75 bits per heavy atom. The standard InChI is InChI=1S/C11H19NO6S2/c1-2-18-11(15)9-8-19-6-5-12(9)20(16,17)7-3-4-10(13)14/h9H,2-8H2,1H3,(H,13,14). The summed E-state index contributed by atoms with van der Waals surface area (Å²) in [7, 11) is -3.64. The monoisotopic (exact) mass is 325 g/mol. The van der Waals surface area contributed by atoms with Crippen LogP contribution >= 0.6 is 11.8 Å². The fourth-order valence-electron chi connectivity index (χ4n) is 1.87. The minimum absolute atomic E-state index is 0.0385. The number of aliphatic carboxylic acids is 1. The Kier molecular flexibility index (Phi) is 6.77. The fourth-order valence-corrected chi connectivity index (χ4v) is 4.77. The molecule has 0 saturated carbocycles. The SMILES string of the molecule is CCOC(=O)C1CSCCN1S(=O)(=O)CCCC(=O)O. The number of ether oxygens (including phenoxy) is 1. The lowest BCUT2D eigenvalue weighted by Crippen LogP contribution is -2.51. The summed E-state index contributed by atoms with van der Waals surface area (Å²) in [6, 6.07) is -0.802. The van der Waals surface area contributed by atoms with Gasteiger partial charge in [-0.15, -0.1) is 0 Å². The van der Waals surface area contributed by atoms with Gasteiger partial charge in [-0.2, -0.15) is 16.1 Å². The van der Waals surface area contributed by atoms with Crippen LogP contribution in [0.1, 0.15) is 19.8 Å². The molecule has 1 fully saturated rings. The lowest BCUT2D eigenvalue weighted by atomic mass is 10.3. The molecule has 1 N–H and O–H groups in total. The zero-order valence-electron chi connectivity index (χ0n) is 11.3. The van der Waals surface area contributed by atoms with Crippen LogP contribution in [0.15, 0.2) is 0 Å². The molecule has 1 aliphatic heterocycles. The molecule has 1 saturated heterocycles. The third-order valence-electron chi connectivity index (χ3n) is 2.79. The lowest BCUT2D eigenvalue weighted by molar-refractivity contribution is -0.147. The zero-order valence-corrected chi connectivity index (χ0v) is 12.9. The molecule has 0 aromatic rings. The number of thioether (sulfide) groups is 1. The molecule has 116 valence electrons. The molecule has 20 heavy (non-hydrogen) atoms. The number of nitrogens with zero attached hydrogens (tertiary/aromatic N) is 1. The first-order valence-electron chi connectivity index (χ1n) is 6.34. The molecule has 1 unspecified atom stereocenters. The van der Waals surface area contributed by atoms with Crippen molar-refractivity contribution in [3.8, 4) is 0 Å². The molecule has 0 aliphatic carbocycles. The number of esters is 1. The van der Waals surface area contributed by atoms with E-state index in [1.807, 2.05) is 0 Å². The Balaban J connectivity index is 2.72. The van der Waals surface area contributed by atoms with Crippen molar-refractivity contribution in [2.75, 3.05) is 30.4 Å². The minimum atomic E-state index is -3.64. The van der Waals surface area contributed by atoms with Crippen LogP contribution < -0.4 is 0 Å². The summed E-state index contributed by atoms with van der Waals surface area (Å²) in [4.78, 5) is 22.2. The lowest BCUT2D eigenvalue weighted by Gasteiger charge is -2.32. The van der Waals surface area contributed by atoms with Crippen LogP contribution in [-0.4, -0.2) is 66.2 Å². The van der Waals surface area contributed by atoms with E-state index in [2.05, 4.69) is 0 Å². The maximum absolute atomic E-state index is 12.2. The number of sulfonamides is 1. The quantitative estimate of drug-likeness (QED) is 0.665. The van der Waals surface area contributed by atoms with Gasteiger partial charge in [0.25, 0.3) is 0 Å². The van der Waals surface area contributed by atoms with Gasteiger partial charge in [0.15, 0.2) is 0 Å². The van der Waals surface area contributed by atoms with Crippen molar-refractivity contribution in [3.63, 3.8) is 0 Å². The molecule has 0 radical (unpaired) electrons. The normalized spacial score (nSPS) is 20.6. The van der Waals surface area contributed by atoms with E-state index in [0.29, 0.717) is 11.5 Å². The minimum Gasteiger partial charge on any atom is -0.481 e. The van der Waals surface area contributed by atoms with Crippen molar-refractivity contribution in [3.05, 3.63) is 0 Å². The molecule has 0 spiro atoms. The summed E-state index contributed by atoms with van der Waals surface area (Å²) in [5.74, 6) is -0.844. The van der Waals surface area contributed by atoms with E-state index >= 15 is 0 Å². The van der Waals surface area contributed by atoms with Gasteiger partial charge in [0.2, 0.25) is 10.0 Å². The Morgan fingerprint density at radius 2 is 2.15 bits per heavy atom. The number of carbonyl (C=O) groups is 2. The van der Waals surface area contributed by atoms with E-state index in [4.69, 9.17) is 9.84 Å². The summed E-state index contributed by atoms with van der Waals surface area (Å²) in [5, 5.41) is 8.54. The number of rotatable bonds is 7. The summed E-state index contributed by atoms with van der Waals surface area (Å²) in [5.41, 5.74) is 0. The van der Waals surface area contributed by atoms with Crippen LogP contribution in [0.5, 0.6) is 0 Å². The Bertz CT molecular complexity index is 450. The first-order chi connectivity index (χ1) is 9.38. The van der Waals surface area contributed by atoms with Crippen molar-refractivity contribution in [2.24, 2.45) is 0 Å². The van der Waals surface area contributed by atoms with Crippen molar-refractivity contribution in [1.82, 2.24) is 4.31 Å². The van der Waals surface area contributed by atoms with Gasteiger partial charge >= 0.3 is 11.9 Å². The Hall–Kier alpha value is -0.800. The van der Waals surface area contributed by atoms with Crippen LogP contribution in [0.4, 0.5) is 0 Å². The highest BCUT2D eigenvalue weighted by Gasteiger charge is 2.37. The van der Waals surface area contributed by atoms with Gasteiger partial charge in [0.05, 0.1) is 12.4 Å². The Labute approximate surface area is 122 Å². The van der Waals surface area contributed by atoms with Gasteiger partial charge in [-0.25, -0.2) is 8.42 Å². The van der Waals surface area contributed by atoms with Gasteiger partial charge in [0.1, 0.15) is 6.04 Å². The highest BCUT2D eigenvalue weighted by atomic mass is 32.2. The third-order valence-corrected chi connectivity index (χ3v) is 5.77. The van der Waals surface area contributed by atoms with E-state index in [-0.39, 0.29) is 31.7 Å². The first-order valence-corrected chi connectivity index (χ1v) is 9.10. The van der Waals surface area contributed by atoms with Crippen molar-refractivity contribution in [1.29, 1.82) is 0 Å². The van der Waals surface area contributed by atoms with E-state index in [1.165, 1.54) is 11.8 Å². The molecular formula is C11H19NO6S2. The summed E-state index contributed by atoms with van der Waals surface area (Å²) in [6.45, 7) is 2.12. The molecule has 0 amide bonds. The maximum atomic E-state index is 12.2. The second-order valence-corrected chi connectivity index (χ2v) is 7.46. The van der Waals surface area contributed by atoms with E-state index in [1.54, 1.807) is 6.92 Å². The van der Waals surface area contributed by atoms with Crippen LogP contribution in [0.25, 0.3) is 0 Å². The topological polar surface area (TPSA) is 101 Å². The fraction of sp³-hybridized carbons (Fsp3) is 0.818. The molecule has 1 aliphatic rings. The van der Waals surface area contributed by atoms with E-state index < -0.39 is 28.0 Å². The Morgan fingerprint density at radius 1 is 1.45 bits per heavy atom. The average molecular weight is 325 g/mol. The number of carbonyl (C=O) groups excluding carboxylic acids is 1. The van der Waals surface area contributed by atoms with Gasteiger partial charge in [-0.05, 0) is 13.3 Å². The van der Waals surface area contributed by atoms with Crippen molar-refractivity contribution < 1.29 is 27.9 Å². The average Bonchev–Trinajstić information content (AvgIpc) is 2.38. The van der Waals surface area contributed by atoms with E-state index in [9.17, 15) is 18.0 Å². The largest absolute Gasteiger partial charge is 0.481 e. The molecule has 0 aromatic carbocycles. The molecule has 0 bridgehead atoms. The second-order valence-electron chi connectivity index (χ2n) is 4.27. The van der Waals surface area contributed by atoms with Crippen LogP contribution in [0, 0.1) is 0 Å². The first kappa shape index (κ1) is 17.3. The smallest absolute Gasteiger partial charge is 0.325 e. The molecule has 0 aromatic heterocycles. The van der Waals surface area contributed by atoms with Gasteiger partial charge in [0, 0.05) is 24.5 Å². The van der Waals surface area contributed by atoms with Crippen molar-refractivity contribution in [2.45, 2.75) is 25.8 Å². The highest BCUT2D eigenvalue weighted by Crippen LogP contribution is 2.21. The third kappa shape index (κ3) is 4.95. The molecule has 1 atom stereocenters. The van der Waals surface area contributed by atoms with Crippen molar-refractivity contribution >= 4 is 33.7 Å². The summed E-state index contributed by atoms with van der Waals surface area (Å²) >= 11 is 1.50. The number of carboxylic acids is 1. The number of hydrogen-bond acceptors (Lipinski definition) is 6. The highest BCUT2D eigenvalue weighted by molar-refractivity contribution is 7.99. The molecular weight excluding hydrogens is 306 g/mol. The number of carboxylic acid groups (broad SMARTS) is 1. The van der Waals surface area contributed by atoms with Gasteiger partial charge in [-0.3, -0.25) is 9.59 Å². The maximum Gasteiger partial charge on any atom is 0.325 e. The predicted molar refractivity (Wildman–Crippen MR) is 75.1 cm³/mol. The predicted octanol–water partition coefficient (Wildman–Crippen LogP) is 0.162.